The van der Waals surface area contributed by atoms with E-state index in [9.17, 15) is 19.2 Å². The van der Waals surface area contributed by atoms with Crippen LogP contribution < -0.4 is 18.9 Å². The molecule has 0 aliphatic carbocycles. The van der Waals surface area contributed by atoms with Crippen LogP contribution in [0.2, 0.25) is 0 Å². The van der Waals surface area contributed by atoms with Crippen molar-refractivity contribution in [3.8, 4) is 68.2 Å². The van der Waals surface area contributed by atoms with Gasteiger partial charge in [0.2, 0.25) is 0 Å². The number of carbonyl (C=O) groups excluding carboxylic acids is 4. The molecule has 0 fully saturated rings. The van der Waals surface area contributed by atoms with Crippen molar-refractivity contribution in [1.82, 2.24) is 0 Å². The van der Waals surface area contributed by atoms with E-state index in [0.29, 0.717) is 94.7 Å². The van der Waals surface area contributed by atoms with Gasteiger partial charge in [0.1, 0.15) is 23.0 Å². The fourth-order valence-electron chi connectivity index (χ4n) is 7.08. The van der Waals surface area contributed by atoms with E-state index in [2.05, 4.69) is 0 Å². The number of benzene rings is 8. The van der Waals surface area contributed by atoms with E-state index in [1.807, 2.05) is 97.1 Å². The van der Waals surface area contributed by atoms with Gasteiger partial charge in [0.05, 0.1) is 48.7 Å². The zero-order chi connectivity index (χ0) is 50.7. The second kappa shape index (κ2) is 26.7. The van der Waals surface area contributed by atoms with Gasteiger partial charge in [0.25, 0.3) is 0 Å². The van der Waals surface area contributed by atoms with E-state index in [0.717, 1.165) is 22.3 Å². The Balaban J connectivity index is 0.000000235. The Kier molecular flexibility index (Phi) is 19.4. The molecule has 8 rings (SSSR count). The van der Waals surface area contributed by atoms with E-state index in [1.54, 1.807) is 125 Å². The topological polar surface area (TPSA) is 174 Å². The Morgan fingerprint density at radius 3 is 0.822 bits per heavy atom. The molecule has 0 atom stereocenters. The van der Waals surface area contributed by atoms with Crippen molar-refractivity contribution >= 4 is 23.9 Å². The summed E-state index contributed by atoms with van der Waals surface area (Å²) in [6, 6.07) is 57.9. The van der Waals surface area contributed by atoms with Crippen LogP contribution in [0, 0.1) is 0 Å². The van der Waals surface area contributed by atoms with Gasteiger partial charge in [-0.1, -0.05) is 84.9 Å². The van der Waals surface area contributed by atoms with Crippen LogP contribution >= 0.6 is 0 Å². The smallest absolute Gasteiger partial charge is 0.338 e. The van der Waals surface area contributed by atoms with E-state index in [1.165, 1.54) is 0 Å². The molecule has 0 unspecified atom stereocenters. The highest BCUT2D eigenvalue weighted by molar-refractivity contribution is 5.91. The summed E-state index contributed by atoms with van der Waals surface area (Å²) in [5.41, 5.74) is 5.37. The monoisotopic (exact) mass is 982 g/mol. The third kappa shape index (κ3) is 14.4. The van der Waals surface area contributed by atoms with Crippen LogP contribution in [0.1, 0.15) is 69.1 Å². The van der Waals surface area contributed by atoms with Crippen molar-refractivity contribution in [2.75, 3.05) is 26.4 Å². The van der Waals surface area contributed by atoms with Crippen LogP contribution in [0.25, 0.3) is 22.3 Å². The number of para-hydroxylation sites is 2. The largest absolute Gasteiger partial charge is 0.462 e. The summed E-state index contributed by atoms with van der Waals surface area (Å²) in [6.45, 7) is 8.30. The van der Waals surface area contributed by atoms with Crippen LogP contribution in [0.5, 0.6) is 46.0 Å². The SMILES string of the molecule is CCOC(=O)c1ccc(Oc2cccc(-c3ccccc3)c2Oc2ccc(C(=O)OCC)cc2)cc1.CCOC(=O)c1ccc(Oc2cccc(-c3ccccc3)c2Oc2ccc(C(=O)OCC)cc2)cc1.O. The Labute approximate surface area is 423 Å². The molecule has 0 heterocycles. The molecule has 0 radical (unpaired) electrons. The van der Waals surface area contributed by atoms with Crippen molar-refractivity contribution < 1.29 is 62.5 Å². The molecule has 73 heavy (non-hydrogen) atoms. The van der Waals surface area contributed by atoms with Gasteiger partial charge in [0.15, 0.2) is 23.0 Å². The van der Waals surface area contributed by atoms with Gasteiger partial charge in [-0.3, -0.25) is 0 Å². The zero-order valence-corrected chi connectivity index (χ0v) is 40.7. The van der Waals surface area contributed by atoms with Crippen LogP contribution in [0.15, 0.2) is 194 Å². The van der Waals surface area contributed by atoms with Crippen LogP contribution in [0.3, 0.4) is 0 Å². The molecule has 0 aromatic heterocycles. The molecule has 8 aromatic rings. The molecule has 0 aliphatic rings. The van der Waals surface area contributed by atoms with E-state index < -0.39 is 0 Å². The molecule has 0 aliphatic heterocycles. The van der Waals surface area contributed by atoms with Crippen molar-refractivity contribution in [3.05, 3.63) is 216 Å². The third-order valence-corrected chi connectivity index (χ3v) is 10.5. The Hall–Kier alpha value is -9.20. The fourth-order valence-corrected chi connectivity index (χ4v) is 7.08. The maximum atomic E-state index is 12.0. The van der Waals surface area contributed by atoms with Gasteiger partial charge in [-0.15, -0.1) is 0 Å². The van der Waals surface area contributed by atoms with Gasteiger partial charge in [0, 0.05) is 11.1 Å². The normalized spacial score (nSPS) is 10.2. The Morgan fingerprint density at radius 2 is 0.562 bits per heavy atom. The molecule has 372 valence electrons. The molecule has 13 nitrogen and oxygen atoms in total. The maximum Gasteiger partial charge on any atom is 0.338 e. The highest BCUT2D eigenvalue weighted by Crippen LogP contribution is 2.44. The molecule has 13 heteroatoms. The molecule has 8 aromatic carbocycles. The average Bonchev–Trinajstić information content (AvgIpc) is 3.41. The lowest BCUT2D eigenvalue weighted by Crippen LogP contribution is -2.04. The van der Waals surface area contributed by atoms with Gasteiger partial charge >= 0.3 is 23.9 Å². The molecular formula is C60H54O13. The summed E-state index contributed by atoms with van der Waals surface area (Å²) in [4.78, 5) is 47.9. The third-order valence-electron chi connectivity index (χ3n) is 10.5. The Bertz CT molecular complexity index is 2840. The first-order valence-electron chi connectivity index (χ1n) is 23.3. The first-order chi connectivity index (χ1) is 35.2. The maximum absolute atomic E-state index is 12.0. The van der Waals surface area contributed by atoms with E-state index in [-0.39, 0.29) is 29.4 Å². The van der Waals surface area contributed by atoms with Crippen molar-refractivity contribution in [2.45, 2.75) is 27.7 Å². The first-order valence-corrected chi connectivity index (χ1v) is 23.3. The standard InChI is InChI=1S/2C30H26O6.H2O/c2*1-3-33-29(31)22-13-17-24(18-14-22)35-27-12-8-11-26(21-9-6-5-7-10-21)28(27)36-25-19-15-23(16-20-25)30(32)34-4-2;/h2*5-20H,3-4H2,1-2H3;1H2. The molecule has 0 saturated carbocycles. The second-order valence-corrected chi connectivity index (χ2v) is 15.4. The number of hydrogen-bond acceptors (Lipinski definition) is 12. The first kappa shape index (κ1) is 53.2. The van der Waals surface area contributed by atoms with Crippen LogP contribution in [0.4, 0.5) is 0 Å². The minimum atomic E-state index is -0.385. The second-order valence-electron chi connectivity index (χ2n) is 15.4. The molecule has 0 amide bonds. The summed E-state index contributed by atoms with van der Waals surface area (Å²) in [6.07, 6.45) is 0. The van der Waals surface area contributed by atoms with Crippen molar-refractivity contribution in [2.24, 2.45) is 0 Å². The molecule has 0 spiro atoms. The van der Waals surface area contributed by atoms with Crippen molar-refractivity contribution in [3.63, 3.8) is 0 Å². The lowest BCUT2D eigenvalue weighted by atomic mass is 10.0. The van der Waals surface area contributed by atoms with Crippen LogP contribution in [-0.4, -0.2) is 55.8 Å². The number of rotatable bonds is 18. The minimum absolute atomic E-state index is 0. The molecule has 0 bridgehead atoms. The minimum Gasteiger partial charge on any atom is -0.462 e. The number of ether oxygens (including phenoxy) is 8. The summed E-state index contributed by atoms with van der Waals surface area (Å²) in [7, 11) is 0. The van der Waals surface area contributed by atoms with Crippen molar-refractivity contribution in [1.29, 1.82) is 0 Å². The predicted octanol–water partition coefficient (Wildman–Crippen LogP) is 13.8. The van der Waals surface area contributed by atoms with Gasteiger partial charge in [-0.05, 0) is 148 Å². The summed E-state index contributed by atoms with van der Waals surface area (Å²) < 4.78 is 45.2. The number of carbonyl (C=O) groups is 4. The number of esters is 4. The lowest BCUT2D eigenvalue weighted by molar-refractivity contribution is 0.0516. The zero-order valence-electron chi connectivity index (χ0n) is 40.7. The highest BCUT2D eigenvalue weighted by Gasteiger charge is 2.19. The van der Waals surface area contributed by atoms with Gasteiger partial charge in [-0.2, -0.15) is 0 Å². The Morgan fingerprint density at radius 1 is 0.301 bits per heavy atom. The van der Waals surface area contributed by atoms with E-state index in [4.69, 9.17) is 37.9 Å². The molecular weight excluding hydrogens is 929 g/mol. The van der Waals surface area contributed by atoms with Gasteiger partial charge in [-0.25, -0.2) is 19.2 Å². The van der Waals surface area contributed by atoms with Gasteiger partial charge < -0.3 is 43.4 Å². The molecule has 2 N–H and O–H groups in total. The average molecular weight is 983 g/mol. The number of hydrogen-bond donors (Lipinski definition) is 0. The predicted molar refractivity (Wildman–Crippen MR) is 277 cm³/mol. The fraction of sp³-hybridized carbons (Fsp3) is 0.133. The highest BCUT2D eigenvalue weighted by atomic mass is 16.5. The lowest BCUT2D eigenvalue weighted by Gasteiger charge is -2.17. The van der Waals surface area contributed by atoms with E-state index >= 15 is 0 Å². The summed E-state index contributed by atoms with van der Waals surface area (Å²) in [5, 5.41) is 0. The molecule has 0 saturated heterocycles. The summed E-state index contributed by atoms with van der Waals surface area (Å²) in [5.74, 6) is 2.63. The quantitative estimate of drug-likeness (QED) is 0.0589. The summed E-state index contributed by atoms with van der Waals surface area (Å²) >= 11 is 0. The van der Waals surface area contributed by atoms with Crippen LogP contribution in [-0.2, 0) is 18.9 Å².